The third-order valence-corrected chi connectivity index (χ3v) is 4.67. The molecule has 8 nitrogen and oxygen atoms in total. The van der Waals surface area contributed by atoms with Crippen molar-refractivity contribution in [2.45, 2.75) is 38.1 Å². The molecule has 116 valence electrons. The second kappa shape index (κ2) is 5.41. The summed E-state index contributed by atoms with van der Waals surface area (Å²) in [6.45, 7) is 5.54. The summed E-state index contributed by atoms with van der Waals surface area (Å²) < 4.78 is 26.5. The van der Waals surface area contributed by atoms with E-state index in [1.165, 1.54) is 0 Å². The Morgan fingerprint density at radius 3 is 2.19 bits per heavy atom. The first-order valence-electron chi connectivity index (χ1n) is 5.91. The monoisotopic (exact) mass is 316 g/mol. The fourth-order valence-corrected chi connectivity index (χ4v) is 3.18. The molecule has 0 fully saturated rings. The standard InChI is InChI=1S/C12H16N2O6S/c1-7-5-9(14(17)18)10(6-8(7)2)21(19,20)13-12(3,4)11(15)16/h5-6,13H,1-4H3,(H,15,16). The second-order valence-electron chi connectivity index (χ2n) is 5.20. The Labute approximate surface area is 122 Å². The number of aryl methyl sites for hydroxylation is 2. The third-order valence-electron chi connectivity index (χ3n) is 2.99. The zero-order valence-electron chi connectivity index (χ0n) is 12.0. The molecule has 0 unspecified atom stereocenters. The third kappa shape index (κ3) is 3.56. The molecule has 1 aromatic rings. The van der Waals surface area contributed by atoms with Gasteiger partial charge in [0.2, 0.25) is 10.0 Å². The number of carbonyl (C=O) groups is 1. The Kier molecular flexibility index (Phi) is 4.40. The van der Waals surface area contributed by atoms with E-state index in [-0.39, 0.29) is 0 Å². The highest BCUT2D eigenvalue weighted by Crippen LogP contribution is 2.28. The van der Waals surface area contributed by atoms with Crippen molar-refractivity contribution in [2.24, 2.45) is 0 Å². The molecule has 1 rings (SSSR count). The average Bonchev–Trinajstić information content (AvgIpc) is 2.30. The molecule has 0 amide bonds. The van der Waals surface area contributed by atoms with Gasteiger partial charge in [-0.25, -0.2) is 8.42 Å². The zero-order valence-corrected chi connectivity index (χ0v) is 12.8. The van der Waals surface area contributed by atoms with E-state index in [9.17, 15) is 23.3 Å². The van der Waals surface area contributed by atoms with E-state index >= 15 is 0 Å². The SMILES string of the molecule is Cc1cc([N+](=O)[O-])c(S(=O)(=O)NC(C)(C)C(=O)O)cc1C. The molecule has 0 saturated heterocycles. The van der Waals surface area contributed by atoms with Crippen LogP contribution >= 0.6 is 0 Å². The van der Waals surface area contributed by atoms with Gasteiger partial charge in [0.1, 0.15) is 5.54 Å². The minimum atomic E-state index is -4.35. The fraction of sp³-hybridized carbons (Fsp3) is 0.417. The van der Waals surface area contributed by atoms with Crippen LogP contribution in [0.15, 0.2) is 17.0 Å². The Hall–Kier alpha value is -2.00. The van der Waals surface area contributed by atoms with Crippen LogP contribution < -0.4 is 4.72 Å². The molecule has 0 bridgehead atoms. The first-order valence-corrected chi connectivity index (χ1v) is 7.40. The molecule has 0 aliphatic heterocycles. The van der Waals surface area contributed by atoms with Gasteiger partial charge in [-0.2, -0.15) is 4.72 Å². The van der Waals surface area contributed by atoms with Crippen LogP contribution in [0.3, 0.4) is 0 Å². The molecule has 0 aliphatic carbocycles. The average molecular weight is 316 g/mol. The number of nitro benzene ring substituents is 1. The number of rotatable bonds is 5. The van der Waals surface area contributed by atoms with Gasteiger partial charge in [0, 0.05) is 6.07 Å². The lowest BCUT2D eigenvalue weighted by Crippen LogP contribution is -2.49. The first-order chi connectivity index (χ1) is 9.38. The summed E-state index contributed by atoms with van der Waals surface area (Å²) in [6, 6.07) is 2.31. The Morgan fingerprint density at radius 2 is 1.76 bits per heavy atom. The number of hydrogen-bond donors (Lipinski definition) is 2. The topological polar surface area (TPSA) is 127 Å². The van der Waals surface area contributed by atoms with Crippen molar-refractivity contribution in [3.05, 3.63) is 33.4 Å². The van der Waals surface area contributed by atoms with Gasteiger partial charge in [0.05, 0.1) is 4.92 Å². The van der Waals surface area contributed by atoms with Gasteiger partial charge in [-0.3, -0.25) is 14.9 Å². The summed E-state index contributed by atoms with van der Waals surface area (Å²) in [5.41, 5.74) is -1.26. The van der Waals surface area contributed by atoms with Crippen LogP contribution in [0.5, 0.6) is 0 Å². The molecule has 0 saturated carbocycles. The van der Waals surface area contributed by atoms with Crippen LogP contribution in [0.25, 0.3) is 0 Å². The number of carboxylic acid groups (broad SMARTS) is 1. The summed E-state index contributed by atoms with van der Waals surface area (Å²) in [5, 5.41) is 20.0. The van der Waals surface area contributed by atoms with Crippen LogP contribution in [0, 0.1) is 24.0 Å². The van der Waals surface area contributed by atoms with Crippen LogP contribution in [0.1, 0.15) is 25.0 Å². The van der Waals surface area contributed by atoms with Crippen molar-refractivity contribution in [3.63, 3.8) is 0 Å². The van der Waals surface area contributed by atoms with E-state index in [1.807, 2.05) is 4.72 Å². The van der Waals surface area contributed by atoms with Gasteiger partial charge < -0.3 is 5.11 Å². The smallest absolute Gasteiger partial charge is 0.324 e. The highest BCUT2D eigenvalue weighted by atomic mass is 32.2. The zero-order chi connectivity index (χ0) is 16.6. The van der Waals surface area contributed by atoms with Crippen molar-refractivity contribution < 1.29 is 23.2 Å². The van der Waals surface area contributed by atoms with E-state index in [0.717, 1.165) is 26.0 Å². The van der Waals surface area contributed by atoms with Crippen LogP contribution in [-0.2, 0) is 14.8 Å². The number of hydrogen-bond acceptors (Lipinski definition) is 5. The van der Waals surface area contributed by atoms with Crippen LogP contribution in [0.2, 0.25) is 0 Å². The highest BCUT2D eigenvalue weighted by molar-refractivity contribution is 7.89. The molecule has 0 radical (unpaired) electrons. The van der Waals surface area contributed by atoms with Crippen molar-refractivity contribution in [3.8, 4) is 0 Å². The van der Waals surface area contributed by atoms with Crippen LogP contribution in [0.4, 0.5) is 5.69 Å². The van der Waals surface area contributed by atoms with Crippen molar-refractivity contribution >= 4 is 21.7 Å². The van der Waals surface area contributed by atoms with Crippen molar-refractivity contribution in [2.75, 3.05) is 0 Å². The normalized spacial score (nSPS) is 12.2. The number of carboxylic acids is 1. The van der Waals surface area contributed by atoms with Gasteiger partial charge >= 0.3 is 5.97 Å². The molecule has 0 aliphatic rings. The lowest BCUT2D eigenvalue weighted by atomic mass is 10.1. The minimum Gasteiger partial charge on any atom is -0.480 e. The molecule has 0 aromatic heterocycles. The van der Waals surface area contributed by atoms with Gasteiger partial charge in [-0.15, -0.1) is 0 Å². The van der Waals surface area contributed by atoms with Gasteiger partial charge in [0.15, 0.2) is 4.90 Å². The quantitative estimate of drug-likeness (QED) is 0.623. The number of sulfonamides is 1. The predicted molar refractivity (Wildman–Crippen MR) is 74.6 cm³/mol. The van der Waals surface area contributed by atoms with Gasteiger partial charge in [-0.05, 0) is 44.9 Å². The molecule has 1 aromatic carbocycles. The summed E-state index contributed by atoms with van der Waals surface area (Å²) in [4.78, 5) is 20.7. The summed E-state index contributed by atoms with van der Waals surface area (Å²) in [6.07, 6.45) is 0. The van der Waals surface area contributed by atoms with Crippen molar-refractivity contribution in [1.29, 1.82) is 0 Å². The maximum absolute atomic E-state index is 12.3. The Morgan fingerprint density at radius 1 is 1.29 bits per heavy atom. The number of nitro groups is 1. The first kappa shape index (κ1) is 17.1. The number of nitrogens with zero attached hydrogens (tertiary/aromatic N) is 1. The Bertz CT molecular complexity index is 709. The maximum atomic E-state index is 12.3. The maximum Gasteiger partial charge on any atom is 0.324 e. The molecule has 21 heavy (non-hydrogen) atoms. The lowest BCUT2D eigenvalue weighted by molar-refractivity contribution is -0.387. The van der Waals surface area contributed by atoms with Gasteiger partial charge in [-0.1, -0.05) is 0 Å². The molecule has 0 atom stereocenters. The van der Waals surface area contributed by atoms with Crippen LogP contribution in [-0.4, -0.2) is 30.0 Å². The molecular weight excluding hydrogens is 300 g/mol. The molecular formula is C12H16N2O6S. The summed E-state index contributed by atoms with van der Waals surface area (Å²) >= 11 is 0. The van der Waals surface area contributed by atoms with E-state index in [4.69, 9.17) is 5.11 Å². The van der Waals surface area contributed by atoms with Crippen molar-refractivity contribution in [1.82, 2.24) is 4.72 Å². The Balaban J connectivity index is 3.48. The lowest BCUT2D eigenvalue weighted by Gasteiger charge is -2.21. The minimum absolute atomic E-state index is 0.550. The van der Waals surface area contributed by atoms with Gasteiger partial charge in [0.25, 0.3) is 5.69 Å². The van der Waals surface area contributed by atoms with E-state index in [2.05, 4.69) is 0 Å². The second-order valence-corrected chi connectivity index (χ2v) is 6.85. The summed E-state index contributed by atoms with van der Waals surface area (Å²) in [5.74, 6) is -1.39. The molecule has 2 N–H and O–H groups in total. The largest absolute Gasteiger partial charge is 0.480 e. The summed E-state index contributed by atoms with van der Waals surface area (Å²) in [7, 11) is -4.35. The van der Waals surface area contributed by atoms with E-state index in [1.54, 1.807) is 13.8 Å². The molecule has 9 heteroatoms. The number of nitrogens with one attached hydrogen (secondary N) is 1. The highest BCUT2D eigenvalue weighted by Gasteiger charge is 2.36. The fourth-order valence-electron chi connectivity index (χ4n) is 1.57. The number of benzene rings is 1. The molecule has 0 spiro atoms. The predicted octanol–water partition coefficient (Wildman–Crippen LogP) is 1.35. The number of aliphatic carboxylic acids is 1. The van der Waals surface area contributed by atoms with E-state index in [0.29, 0.717) is 11.1 Å². The molecule has 0 heterocycles. The van der Waals surface area contributed by atoms with E-state index < -0.39 is 37.0 Å².